The Kier molecular flexibility index (Phi) is 6.91. The molecule has 3 aromatic rings. The fourth-order valence-electron chi connectivity index (χ4n) is 4.31. The molecule has 1 aliphatic rings. The molecule has 6 nitrogen and oxygen atoms in total. The molecule has 2 heterocycles. The molecule has 8 heteroatoms. The molecule has 4 rings (SSSR count). The van der Waals surface area contributed by atoms with Crippen LogP contribution in [0.25, 0.3) is 11.4 Å². The summed E-state index contributed by atoms with van der Waals surface area (Å²) in [5.41, 5.74) is 3.01. The van der Waals surface area contributed by atoms with Gasteiger partial charge in [-0.05, 0) is 43.1 Å². The van der Waals surface area contributed by atoms with Gasteiger partial charge in [-0.15, -0.1) is 21.5 Å². The molecule has 1 N–H and O–H groups in total. The molecule has 1 aliphatic carbocycles. The highest BCUT2D eigenvalue weighted by atomic mass is 32.2. The molecule has 0 spiro atoms. The minimum Gasteiger partial charge on any atom is -0.316 e. The van der Waals surface area contributed by atoms with Crippen molar-refractivity contribution in [1.82, 2.24) is 14.8 Å². The summed E-state index contributed by atoms with van der Waals surface area (Å²) in [7, 11) is 0. The second-order valence-corrected chi connectivity index (χ2v) is 11.4. The van der Waals surface area contributed by atoms with E-state index in [2.05, 4.69) is 42.4 Å². The first-order valence-electron chi connectivity index (χ1n) is 11.3. The van der Waals surface area contributed by atoms with Gasteiger partial charge in [0.15, 0.2) is 11.0 Å². The van der Waals surface area contributed by atoms with E-state index in [1.807, 2.05) is 41.8 Å². The van der Waals surface area contributed by atoms with Crippen LogP contribution in [-0.4, -0.2) is 26.4 Å². The Bertz CT molecular complexity index is 1180. The number of rotatable bonds is 6. The van der Waals surface area contributed by atoms with Crippen LogP contribution < -0.4 is 5.32 Å². The number of hydrogen-bond acceptors (Lipinski definition) is 6. The zero-order chi connectivity index (χ0) is 23.6. The molecule has 0 saturated carbocycles. The molecule has 1 atom stereocenters. The van der Waals surface area contributed by atoms with Gasteiger partial charge in [0.25, 0.3) is 0 Å². The van der Waals surface area contributed by atoms with Gasteiger partial charge < -0.3 is 9.88 Å². The lowest BCUT2D eigenvalue weighted by Gasteiger charge is -2.33. The Hall–Kier alpha value is -2.63. The van der Waals surface area contributed by atoms with Crippen LogP contribution in [0, 0.1) is 22.7 Å². The topological polar surface area (TPSA) is 83.6 Å². The van der Waals surface area contributed by atoms with Gasteiger partial charge in [0.05, 0.1) is 11.3 Å². The number of aromatic nitrogens is 3. The zero-order valence-electron chi connectivity index (χ0n) is 19.5. The van der Waals surface area contributed by atoms with E-state index in [9.17, 15) is 10.1 Å². The van der Waals surface area contributed by atoms with Gasteiger partial charge in [-0.1, -0.05) is 62.9 Å². The molecule has 0 aliphatic heterocycles. The van der Waals surface area contributed by atoms with Crippen molar-refractivity contribution >= 4 is 34.0 Å². The van der Waals surface area contributed by atoms with E-state index in [0.29, 0.717) is 28.2 Å². The summed E-state index contributed by atoms with van der Waals surface area (Å²) in [4.78, 5) is 14.0. The van der Waals surface area contributed by atoms with Crippen LogP contribution in [-0.2, 0) is 24.2 Å². The van der Waals surface area contributed by atoms with E-state index in [4.69, 9.17) is 0 Å². The number of hydrogen-bond donors (Lipinski definition) is 1. The van der Waals surface area contributed by atoms with Crippen LogP contribution in [0.4, 0.5) is 5.00 Å². The molecule has 0 fully saturated rings. The number of nitriles is 1. The molecule has 0 saturated heterocycles. The summed E-state index contributed by atoms with van der Waals surface area (Å²) in [6.07, 6.45) is 2.97. The van der Waals surface area contributed by atoms with Gasteiger partial charge in [0.2, 0.25) is 5.91 Å². The van der Waals surface area contributed by atoms with E-state index in [1.165, 1.54) is 16.6 Å². The minimum absolute atomic E-state index is 0.130. The molecule has 1 aromatic carbocycles. The van der Waals surface area contributed by atoms with Crippen molar-refractivity contribution in [2.24, 2.45) is 11.3 Å². The van der Waals surface area contributed by atoms with Crippen molar-refractivity contribution in [2.75, 3.05) is 11.1 Å². The lowest BCUT2D eigenvalue weighted by atomic mass is 9.72. The van der Waals surface area contributed by atoms with E-state index in [-0.39, 0.29) is 17.1 Å². The van der Waals surface area contributed by atoms with Crippen molar-refractivity contribution in [1.29, 1.82) is 5.26 Å². The average Bonchev–Trinajstić information content (AvgIpc) is 3.37. The summed E-state index contributed by atoms with van der Waals surface area (Å²) >= 11 is 2.93. The smallest absolute Gasteiger partial charge is 0.235 e. The van der Waals surface area contributed by atoms with Crippen molar-refractivity contribution in [2.45, 2.75) is 58.7 Å². The largest absolute Gasteiger partial charge is 0.316 e. The summed E-state index contributed by atoms with van der Waals surface area (Å²) in [5.74, 6) is 1.47. The maximum atomic E-state index is 12.8. The SMILES string of the molecule is CCn1c(SCC(=O)Nc2sc3c(c2C#N)CCC(C(C)(C)C)C3)nnc1-c1ccccc1. The first kappa shape index (κ1) is 23.5. The predicted molar refractivity (Wildman–Crippen MR) is 134 cm³/mol. The van der Waals surface area contributed by atoms with Gasteiger partial charge >= 0.3 is 0 Å². The molecule has 2 aromatic heterocycles. The summed E-state index contributed by atoms with van der Waals surface area (Å²) in [6, 6.07) is 12.3. The maximum absolute atomic E-state index is 12.8. The number of thiophene rings is 1. The van der Waals surface area contributed by atoms with Crippen LogP contribution in [0.3, 0.4) is 0 Å². The van der Waals surface area contributed by atoms with Crippen molar-refractivity contribution < 1.29 is 4.79 Å². The Balaban J connectivity index is 1.45. The fraction of sp³-hybridized carbons (Fsp3) is 0.440. The Morgan fingerprint density at radius 2 is 2.06 bits per heavy atom. The van der Waals surface area contributed by atoms with Crippen LogP contribution in [0.1, 0.15) is 50.1 Å². The average molecular weight is 480 g/mol. The number of thioether (sulfide) groups is 1. The molecular formula is C25H29N5OS2. The fourth-order valence-corrected chi connectivity index (χ4v) is 6.40. The summed E-state index contributed by atoms with van der Waals surface area (Å²) in [6.45, 7) is 9.59. The number of fused-ring (bicyclic) bond motifs is 1. The highest BCUT2D eigenvalue weighted by molar-refractivity contribution is 7.99. The molecule has 1 amide bonds. The molecular weight excluding hydrogens is 450 g/mol. The van der Waals surface area contributed by atoms with E-state index in [1.54, 1.807) is 11.3 Å². The van der Waals surface area contributed by atoms with Gasteiger partial charge in [-0.2, -0.15) is 5.26 Å². The number of amides is 1. The molecule has 172 valence electrons. The van der Waals surface area contributed by atoms with Gasteiger partial charge in [0, 0.05) is 17.0 Å². The number of nitrogens with zero attached hydrogens (tertiary/aromatic N) is 4. The normalized spacial score (nSPS) is 15.7. The number of carbonyl (C=O) groups is 1. The second-order valence-electron chi connectivity index (χ2n) is 9.38. The van der Waals surface area contributed by atoms with Gasteiger partial charge in [-0.3, -0.25) is 4.79 Å². The summed E-state index contributed by atoms with van der Waals surface area (Å²) < 4.78 is 2.02. The number of anilines is 1. The number of carbonyl (C=O) groups excluding carboxylic acids is 1. The van der Waals surface area contributed by atoms with Gasteiger partial charge in [0.1, 0.15) is 11.1 Å². The monoisotopic (exact) mass is 479 g/mol. The van der Waals surface area contributed by atoms with E-state index in [0.717, 1.165) is 36.2 Å². The quantitative estimate of drug-likeness (QED) is 0.453. The number of nitrogens with one attached hydrogen (secondary N) is 1. The third kappa shape index (κ3) is 4.99. The van der Waals surface area contributed by atoms with Gasteiger partial charge in [-0.25, -0.2) is 0 Å². The second kappa shape index (κ2) is 9.70. The molecule has 0 radical (unpaired) electrons. The highest BCUT2D eigenvalue weighted by Gasteiger charge is 2.32. The van der Waals surface area contributed by atoms with Crippen molar-refractivity contribution in [3.63, 3.8) is 0 Å². The highest BCUT2D eigenvalue weighted by Crippen LogP contribution is 2.44. The van der Waals surface area contributed by atoms with Crippen molar-refractivity contribution in [3.05, 3.63) is 46.3 Å². The third-order valence-corrected chi connectivity index (χ3v) is 8.39. The molecule has 1 unspecified atom stereocenters. The minimum atomic E-state index is -0.130. The molecule has 33 heavy (non-hydrogen) atoms. The Morgan fingerprint density at radius 3 is 2.73 bits per heavy atom. The standard InChI is InChI=1S/C25H29N5OS2/c1-5-30-22(16-9-7-6-8-10-16)28-29-24(30)32-15-21(31)27-23-19(14-26)18-12-11-17(25(2,3)4)13-20(18)33-23/h6-10,17H,5,11-13,15H2,1-4H3,(H,27,31). The Morgan fingerprint density at radius 1 is 1.30 bits per heavy atom. The first-order valence-corrected chi connectivity index (χ1v) is 13.1. The summed E-state index contributed by atoms with van der Waals surface area (Å²) in [5, 5.41) is 22.8. The third-order valence-electron chi connectivity index (χ3n) is 6.25. The van der Waals surface area contributed by atoms with Crippen LogP contribution in [0.5, 0.6) is 0 Å². The zero-order valence-corrected chi connectivity index (χ0v) is 21.1. The maximum Gasteiger partial charge on any atom is 0.235 e. The lowest BCUT2D eigenvalue weighted by Crippen LogP contribution is -2.26. The van der Waals surface area contributed by atoms with Crippen LogP contribution in [0.2, 0.25) is 0 Å². The Labute approximate surface area is 203 Å². The van der Waals surface area contributed by atoms with E-state index < -0.39 is 0 Å². The number of benzene rings is 1. The predicted octanol–water partition coefficient (Wildman–Crippen LogP) is 5.78. The van der Waals surface area contributed by atoms with Crippen LogP contribution >= 0.6 is 23.1 Å². The van der Waals surface area contributed by atoms with Crippen molar-refractivity contribution in [3.8, 4) is 17.5 Å². The van der Waals surface area contributed by atoms with Crippen LogP contribution in [0.15, 0.2) is 35.5 Å². The first-order chi connectivity index (χ1) is 15.8. The van der Waals surface area contributed by atoms with E-state index >= 15 is 0 Å². The lowest BCUT2D eigenvalue weighted by molar-refractivity contribution is -0.113. The molecule has 0 bridgehead atoms.